The van der Waals surface area contributed by atoms with Gasteiger partial charge in [-0.25, -0.2) is 9.78 Å². The number of alkyl halides is 3. The average Bonchev–Trinajstić information content (AvgIpc) is 2.26. The van der Waals surface area contributed by atoms with E-state index in [2.05, 4.69) is 14.5 Å². The summed E-state index contributed by atoms with van der Waals surface area (Å²) < 4.78 is 44.1. The van der Waals surface area contributed by atoms with Crippen molar-refractivity contribution in [3.8, 4) is 5.88 Å². The third-order valence-electron chi connectivity index (χ3n) is 1.85. The molecular formula is C9H6F3IN2O5. The van der Waals surface area contributed by atoms with Crippen LogP contribution in [-0.2, 0) is 4.74 Å². The Morgan fingerprint density at radius 2 is 2.15 bits per heavy atom. The highest BCUT2D eigenvalue weighted by Crippen LogP contribution is 2.35. The summed E-state index contributed by atoms with van der Waals surface area (Å²) in [5, 5.41) is 10.8. The normalized spacial score (nSPS) is 11.1. The second-order valence-corrected chi connectivity index (χ2v) is 4.24. The molecule has 1 aromatic heterocycles. The molecule has 0 aliphatic heterocycles. The minimum absolute atomic E-state index is 0.00349. The number of halogens is 4. The number of hydrogen-bond acceptors (Lipinski definition) is 6. The van der Waals surface area contributed by atoms with Gasteiger partial charge in [-0.2, -0.15) is 0 Å². The number of carbonyl (C=O) groups excluding carboxylic acids is 1. The SMILES string of the molecule is CCOC(=O)c1cnc(OC(F)(F)F)c([N+](=O)[O-])c1I. The number of pyridine rings is 1. The Hall–Kier alpha value is -1.66. The fourth-order valence-corrected chi connectivity index (χ4v) is 1.94. The molecule has 0 N–H and O–H groups in total. The van der Waals surface area contributed by atoms with Gasteiger partial charge in [-0.3, -0.25) is 10.1 Å². The molecule has 0 amide bonds. The number of nitrogens with zero attached hydrogens (tertiary/aromatic N) is 2. The summed E-state index contributed by atoms with van der Waals surface area (Å²) in [5.74, 6) is -2.16. The number of esters is 1. The highest BCUT2D eigenvalue weighted by molar-refractivity contribution is 14.1. The lowest BCUT2D eigenvalue weighted by atomic mass is 10.2. The second-order valence-electron chi connectivity index (χ2n) is 3.16. The molecule has 0 unspecified atom stereocenters. The summed E-state index contributed by atoms with van der Waals surface area (Å²) in [7, 11) is 0. The van der Waals surface area contributed by atoms with Crippen molar-refractivity contribution in [2.75, 3.05) is 6.61 Å². The van der Waals surface area contributed by atoms with Crippen molar-refractivity contribution in [3.63, 3.8) is 0 Å². The first-order valence-corrected chi connectivity index (χ1v) is 6.01. The zero-order chi connectivity index (χ0) is 15.5. The summed E-state index contributed by atoms with van der Waals surface area (Å²) in [6.07, 6.45) is -4.40. The third kappa shape index (κ3) is 3.91. The molecule has 0 aliphatic rings. The standard InChI is InChI=1S/C9H6F3IN2O5/c1-2-19-8(16)4-3-14-7(20-9(10,11)12)6(5(4)13)15(17)18/h3H,2H2,1H3. The lowest BCUT2D eigenvalue weighted by Crippen LogP contribution is -2.20. The second kappa shape index (κ2) is 6.19. The highest BCUT2D eigenvalue weighted by Gasteiger charge is 2.37. The van der Waals surface area contributed by atoms with Crippen LogP contribution in [0.2, 0.25) is 0 Å². The van der Waals surface area contributed by atoms with Gasteiger partial charge in [0, 0.05) is 6.20 Å². The molecule has 20 heavy (non-hydrogen) atoms. The molecule has 0 spiro atoms. The van der Waals surface area contributed by atoms with Gasteiger partial charge in [-0.1, -0.05) is 0 Å². The van der Waals surface area contributed by atoms with E-state index in [1.807, 2.05) is 0 Å². The first-order chi connectivity index (χ1) is 9.17. The topological polar surface area (TPSA) is 91.6 Å². The van der Waals surface area contributed by atoms with Crippen molar-refractivity contribution in [2.24, 2.45) is 0 Å². The van der Waals surface area contributed by atoms with Crippen molar-refractivity contribution in [3.05, 3.63) is 25.4 Å². The van der Waals surface area contributed by atoms with Crippen LogP contribution >= 0.6 is 22.6 Å². The first kappa shape index (κ1) is 16.4. The molecule has 0 bridgehead atoms. The Morgan fingerprint density at radius 1 is 1.55 bits per heavy atom. The lowest BCUT2D eigenvalue weighted by molar-refractivity contribution is -0.390. The summed E-state index contributed by atoms with van der Waals surface area (Å²) in [6, 6.07) is 0. The average molecular weight is 406 g/mol. The Kier molecular flexibility index (Phi) is 5.08. The summed E-state index contributed by atoms with van der Waals surface area (Å²) in [5.41, 5.74) is -1.36. The van der Waals surface area contributed by atoms with Crippen molar-refractivity contribution in [1.82, 2.24) is 4.98 Å². The fourth-order valence-electron chi connectivity index (χ4n) is 1.16. The number of aromatic nitrogens is 1. The van der Waals surface area contributed by atoms with Gasteiger partial charge < -0.3 is 9.47 Å². The molecule has 0 aromatic carbocycles. The van der Waals surface area contributed by atoms with E-state index in [4.69, 9.17) is 0 Å². The molecule has 0 saturated heterocycles. The fraction of sp³-hybridized carbons (Fsp3) is 0.333. The predicted molar refractivity (Wildman–Crippen MR) is 66.2 cm³/mol. The van der Waals surface area contributed by atoms with Gasteiger partial charge in [0.1, 0.15) is 3.57 Å². The van der Waals surface area contributed by atoms with Crippen molar-refractivity contribution >= 4 is 34.2 Å². The number of rotatable bonds is 4. The van der Waals surface area contributed by atoms with E-state index in [0.717, 1.165) is 6.20 Å². The molecule has 1 rings (SSSR count). The minimum Gasteiger partial charge on any atom is -0.462 e. The molecule has 0 atom stereocenters. The van der Waals surface area contributed by atoms with Crippen LogP contribution in [0.4, 0.5) is 18.9 Å². The maximum atomic E-state index is 12.1. The van der Waals surface area contributed by atoms with Crippen LogP contribution < -0.4 is 4.74 Å². The summed E-state index contributed by atoms with van der Waals surface area (Å²) in [6.45, 7) is 1.51. The first-order valence-electron chi connectivity index (χ1n) is 4.93. The quantitative estimate of drug-likeness (QED) is 0.331. The Balaban J connectivity index is 3.34. The monoisotopic (exact) mass is 406 g/mol. The smallest absolute Gasteiger partial charge is 0.462 e. The van der Waals surface area contributed by atoms with Crippen LogP contribution in [0, 0.1) is 13.7 Å². The Bertz CT molecular complexity index is 549. The highest BCUT2D eigenvalue weighted by atomic mass is 127. The van der Waals surface area contributed by atoms with E-state index in [-0.39, 0.29) is 15.7 Å². The molecule has 0 radical (unpaired) electrons. The van der Waals surface area contributed by atoms with Gasteiger partial charge in [-0.15, -0.1) is 13.2 Å². The molecule has 11 heteroatoms. The van der Waals surface area contributed by atoms with Crippen LogP contribution in [0.3, 0.4) is 0 Å². The van der Waals surface area contributed by atoms with Crippen molar-refractivity contribution < 1.29 is 32.4 Å². The minimum atomic E-state index is -5.13. The number of nitro groups is 1. The van der Waals surface area contributed by atoms with E-state index in [9.17, 15) is 28.1 Å². The Labute approximate surface area is 123 Å². The van der Waals surface area contributed by atoms with Gasteiger partial charge in [0.15, 0.2) is 0 Å². The van der Waals surface area contributed by atoms with Gasteiger partial charge in [0.05, 0.1) is 17.1 Å². The summed E-state index contributed by atoms with van der Waals surface area (Å²) in [4.78, 5) is 24.4. The number of ether oxygens (including phenoxy) is 2. The maximum Gasteiger partial charge on any atom is 0.574 e. The van der Waals surface area contributed by atoms with Gasteiger partial charge in [0.2, 0.25) is 0 Å². The number of hydrogen-bond donors (Lipinski definition) is 0. The predicted octanol–water partition coefficient (Wildman–Crippen LogP) is 2.67. The van der Waals surface area contributed by atoms with Crippen LogP contribution in [0.1, 0.15) is 17.3 Å². The van der Waals surface area contributed by atoms with Gasteiger partial charge in [0.25, 0.3) is 0 Å². The van der Waals surface area contributed by atoms with E-state index in [1.54, 1.807) is 0 Å². The van der Waals surface area contributed by atoms with Crippen LogP contribution in [0.15, 0.2) is 6.20 Å². The molecule has 0 aliphatic carbocycles. The zero-order valence-electron chi connectivity index (χ0n) is 9.73. The van der Waals surface area contributed by atoms with E-state index in [1.165, 1.54) is 29.5 Å². The molecular weight excluding hydrogens is 400 g/mol. The van der Waals surface area contributed by atoms with E-state index < -0.39 is 28.8 Å². The largest absolute Gasteiger partial charge is 0.574 e. The third-order valence-corrected chi connectivity index (χ3v) is 2.94. The van der Waals surface area contributed by atoms with Gasteiger partial charge >= 0.3 is 23.9 Å². The molecule has 7 nitrogen and oxygen atoms in total. The van der Waals surface area contributed by atoms with Crippen molar-refractivity contribution in [2.45, 2.75) is 13.3 Å². The maximum absolute atomic E-state index is 12.1. The zero-order valence-corrected chi connectivity index (χ0v) is 11.9. The molecule has 0 saturated carbocycles. The molecule has 110 valence electrons. The lowest BCUT2D eigenvalue weighted by Gasteiger charge is -2.10. The van der Waals surface area contributed by atoms with E-state index in [0.29, 0.717) is 0 Å². The van der Waals surface area contributed by atoms with Crippen molar-refractivity contribution in [1.29, 1.82) is 0 Å². The number of carbonyl (C=O) groups is 1. The Morgan fingerprint density at radius 3 is 2.60 bits per heavy atom. The van der Waals surface area contributed by atoms with Crippen LogP contribution in [0.5, 0.6) is 5.88 Å². The molecule has 1 heterocycles. The molecule has 1 aromatic rings. The van der Waals surface area contributed by atoms with E-state index >= 15 is 0 Å². The van der Waals surface area contributed by atoms with Gasteiger partial charge in [-0.05, 0) is 29.5 Å². The van der Waals surface area contributed by atoms with Crippen LogP contribution in [0.25, 0.3) is 0 Å². The molecule has 0 fully saturated rings. The van der Waals surface area contributed by atoms with Crippen LogP contribution in [-0.4, -0.2) is 28.8 Å². The summed E-state index contributed by atoms with van der Waals surface area (Å²) >= 11 is 1.36.